The van der Waals surface area contributed by atoms with E-state index in [-0.39, 0.29) is 12.3 Å². The molecule has 8 aromatic carbocycles. The number of nitrogens with zero attached hydrogens (tertiary/aromatic N) is 2. The average Bonchev–Trinajstić information content (AvgIpc) is 3.53. The highest BCUT2D eigenvalue weighted by molar-refractivity contribution is 6.13. The minimum atomic E-state index is -0.293. The Morgan fingerprint density at radius 2 is 1.12 bits per heavy atom. The number of benzene rings is 8. The molecule has 9 aromatic rings. The fourth-order valence-electron chi connectivity index (χ4n) is 7.83. The van der Waals surface area contributed by atoms with E-state index in [1.807, 2.05) is 6.07 Å². The second-order valence-corrected chi connectivity index (χ2v) is 13.3. The van der Waals surface area contributed by atoms with Crippen molar-refractivity contribution in [2.45, 2.75) is 12.3 Å². The number of aliphatic imine (C=N–C) groups is 1. The second-order valence-electron chi connectivity index (χ2n) is 13.3. The molecule has 10 rings (SSSR count). The molecule has 2 heterocycles. The molecule has 0 aliphatic carbocycles. The Bertz CT molecular complexity index is 2750. The molecule has 0 saturated carbocycles. The predicted octanol–water partition coefficient (Wildman–Crippen LogP) is 11.1. The van der Waals surface area contributed by atoms with Crippen LogP contribution in [-0.2, 0) is 0 Å². The summed E-state index contributed by atoms with van der Waals surface area (Å²) in [5.74, 6) is 0.876. The minimum Gasteiger partial charge on any atom is -0.350 e. The molecule has 2 atom stereocenters. The molecule has 51 heavy (non-hydrogen) atoms. The van der Waals surface area contributed by atoms with Gasteiger partial charge in [0.15, 0.2) is 0 Å². The van der Waals surface area contributed by atoms with Crippen molar-refractivity contribution in [2.75, 3.05) is 0 Å². The molecule has 0 bridgehead atoms. The Hall–Kier alpha value is -6.49. The van der Waals surface area contributed by atoms with E-state index in [9.17, 15) is 0 Å². The molecule has 0 saturated heterocycles. The number of hydrogen-bond donors (Lipinski definition) is 2. The lowest BCUT2D eigenvalue weighted by molar-refractivity contribution is 0.411. The number of nitrogens with one attached hydrogen (secondary N) is 2. The zero-order chi connectivity index (χ0) is 33.7. The first kappa shape index (κ1) is 29.4. The maximum Gasteiger partial charge on any atom is 0.131 e. The topological polar surface area (TPSA) is 41.4 Å². The zero-order valence-electron chi connectivity index (χ0n) is 27.9. The molecule has 0 fully saturated rings. The Labute approximate surface area is 296 Å². The van der Waals surface area contributed by atoms with Gasteiger partial charge in [0, 0.05) is 27.6 Å². The lowest BCUT2D eigenvalue weighted by atomic mass is 9.91. The molecule has 2 N–H and O–H groups in total. The van der Waals surface area contributed by atoms with Crippen LogP contribution in [0.15, 0.2) is 187 Å². The minimum absolute atomic E-state index is 0.121. The lowest BCUT2D eigenvalue weighted by Gasteiger charge is -2.33. The molecular weight excluding hydrogens is 621 g/mol. The molecule has 4 heteroatoms. The van der Waals surface area contributed by atoms with Gasteiger partial charge in [0.25, 0.3) is 0 Å². The first-order valence-corrected chi connectivity index (χ1v) is 17.5. The molecule has 242 valence electrons. The van der Waals surface area contributed by atoms with E-state index in [2.05, 4.69) is 191 Å². The predicted molar refractivity (Wildman–Crippen MR) is 212 cm³/mol. The smallest absolute Gasteiger partial charge is 0.131 e. The van der Waals surface area contributed by atoms with E-state index in [0.717, 1.165) is 33.8 Å². The summed E-state index contributed by atoms with van der Waals surface area (Å²) in [5.41, 5.74) is 9.26. The summed E-state index contributed by atoms with van der Waals surface area (Å²) >= 11 is 0. The van der Waals surface area contributed by atoms with Crippen LogP contribution in [0.4, 0.5) is 0 Å². The Morgan fingerprint density at radius 1 is 0.471 bits per heavy atom. The molecular formula is C47H34N4. The van der Waals surface area contributed by atoms with E-state index in [0.29, 0.717) is 0 Å². The first-order chi connectivity index (χ1) is 25.3. The van der Waals surface area contributed by atoms with Crippen LogP contribution >= 0.6 is 0 Å². The Kier molecular flexibility index (Phi) is 7.00. The van der Waals surface area contributed by atoms with Crippen LogP contribution in [0.25, 0.3) is 60.2 Å². The van der Waals surface area contributed by atoms with Crippen molar-refractivity contribution in [2.24, 2.45) is 4.99 Å². The van der Waals surface area contributed by atoms with E-state index in [4.69, 9.17) is 4.99 Å². The van der Waals surface area contributed by atoms with Crippen molar-refractivity contribution in [1.82, 2.24) is 15.2 Å². The Balaban J connectivity index is 1.13. The van der Waals surface area contributed by atoms with Crippen molar-refractivity contribution in [1.29, 1.82) is 0 Å². The normalized spacial score (nSPS) is 16.0. The third-order valence-corrected chi connectivity index (χ3v) is 10.3. The maximum absolute atomic E-state index is 5.38. The van der Waals surface area contributed by atoms with Gasteiger partial charge in [-0.05, 0) is 68.6 Å². The zero-order valence-corrected chi connectivity index (χ0v) is 27.9. The molecule has 1 aliphatic rings. The number of para-hydroxylation sites is 1. The maximum atomic E-state index is 5.38. The van der Waals surface area contributed by atoms with Gasteiger partial charge in [-0.15, -0.1) is 0 Å². The Morgan fingerprint density at radius 3 is 1.90 bits per heavy atom. The third-order valence-electron chi connectivity index (χ3n) is 10.3. The van der Waals surface area contributed by atoms with Crippen LogP contribution in [0.2, 0.25) is 0 Å². The van der Waals surface area contributed by atoms with E-state index >= 15 is 0 Å². The van der Waals surface area contributed by atoms with Crippen LogP contribution in [0.5, 0.6) is 0 Å². The van der Waals surface area contributed by atoms with Gasteiger partial charge in [-0.25, -0.2) is 4.99 Å². The fraction of sp³-hybridized carbons (Fsp3) is 0.0426. The van der Waals surface area contributed by atoms with Gasteiger partial charge in [-0.2, -0.15) is 0 Å². The molecule has 0 amide bonds. The van der Waals surface area contributed by atoms with Crippen LogP contribution in [0, 0.1) is 0 Å². The molecule has 4 nitrogen and oxygen atoms in total. The number of aromatic nitrogens is 1. The van der Waals surface area contributed by atoms with Gasteiger partial charge < -0.3 is 9.88 Å². The summed E-state index contributed by atoms with van der Waals surface area (Å²) in [6.07, 6.45) is -0.414. The summed E-state index contributed by atoms with van der Waals surface area (Å²) in [7, 11) is 0. The highest BCUT2D eigenvalue weighted by Crippen LogP contribution is 2.39. The van der Waals surface area contributed by atoms with Gasteiger partial charge in [0.2, 0.25) is 0 Å². The van der Waals surface area contributed by atoms with Crippen LogP contribution in [0.3, 0.4) is 0 Å². The monoisotopic (exact) mass is 654 g/mol. The summed E-state index contributed by atoms with van der Waals surface area (Å²) in [6, 6.07) is 65.2. The summed E-state index contributed by atoms with van der Waals surface area (Å²) in [6.45, 7) is 0. The summed E-state index contributed by atoms with van der Waals surface area (Å²) < 4.78 is 2.40. The lowest BCUT2D eigenvalue weighted by Crippen LogP contribution is -2.45. The number of rotatable bonds is 5. The molecule has 2 unspecified atom stereocenters. The largest absolute Gasteiger partial charge is 0.350 e. The van der Waals surface area contributed by atoms with E-state index in [1.54, 1.807) is 0 Å². The van der Waals surface area contributed by atoms with Crippen molar-refractivity contribution >= 4 is 49.2 Å². The highest BCUT2D eigenvalue weighted by atomic mass is 15.3. The fourth-order valence-corrected chi connectivity index (χ4v) is 7.83. The quantitative estimate of drug-likeness (QED) is 0.194. The molecule has 0 spiro atoms. The van der Waals surface area contributed by atoms with Crippen molar-refractivity contribution in [3.05, 3.63) is 199 Å². The van der Waals surface area contributed by atoms with Crippen LogP contribution in [0.1, 0.15) is 29.0 Å². The van der Waals surface area contributed by atoms with E-state index < -0.39 is 0 Å². The van der Waals surface area contributed by atoms with Gasteiger partial charge in [0.05, 0.1) is 11.0 Å². The van der Waals surface area contributed by atoms with E-state index in [1.165, 1.54) is 48.9 Å². The van der Waals surface area contributed by atoms with Crippen molar-refractivity contribution in [3.8, 4) is 16.8 Å². The van der Waals surface area contributed by atoms with Gasteiger partial charge in [-0.1, -0.05) is 152 Å². The van der Waals surface area contributed by atoms with Gasteiger partial charge >= 0.3 is 0 Å². The third kappa shape index (κ3) is 5.08. The first-order valence-electron chi connectivity index (χ1n) is 17.5. The number of hydrogen-bond acceptors (Lipinski definition) is 3. The number of fused-ring (bicyclic) bond motifs is 5. The molecule has 0 radical (unpaired) electrons. The molecule has 1 aliphatic heterocycles. The summed E-state index contributed by atoms with van der Waals surface area (Å²) in [5, 5.41) is 15.0. The second kappa shape index (κ2) is 12.1. The highest BCUT2D eigenvalue weighted by Gasteiger charge is 2.28. The molecule has 1 aromatic heterocycles. The van der Waals surface area contributed by atoms with Gasteiger partial charge in [0.1, 0.15) is 18.2 Å². The summed E-state index contributed by atoms with van der Waals surface area (Å²) in [4.78, 5) is 5.38. The van der Waals surface area contributed by atoms with Crippen LogP contribution in [-0.4, -0.2) is 10.4 Å². The number of amidine groups is 1. The average molecular weight is 655 g/mol. The van der Waals surface area contributed by atoms with Crippen LogP contribution < -0.4 is 10.6 Å². The van der Waals surface area contributed by atoms with Gasteiger partial charge in [-0.3, -0.25) is 5.32 Å². The van der Waals surface area contributed by atoms with Crippen molar-refractivity contribution < 1.29 is 0 Å². The van der Waals surface area contributed by atoms with Crippen molar-refractivity contribution in [3.63, 3.8) is 0 Å². The SMILES string of the molecule is c1ccc(C2=NC(c3c(-c4ccc(-n5c6ccccc6c6cc7ccccc7cc65)cc4)ccc4ccccc34)NC(c3ccccc3)N2)cc1. The standard InChI is InChI=1S/C47H34N4/c1-3-14-33(15-4-1)45-48-46(34-16-5-2-6-17-34)50-47(49-45)44-38-20-10-9-13-31(38)25-28-39(44)32-23-26-37(27-24-32)51-42-22-12-11-21-40(42)41-29-35-18-7-8-19-36(35)30-43(41)51/h1-30,45,47,49H,(H,48,50).